The normalized spacial score (nSPS) is 21.3. The van der Waals surface area contributed by atoms with Gasteiger partial charge in [-0.3, -0.25) is 19.2 Å². The van der Waals surface area contributed by atoms with Crippen LogP contribution >= 0.6 is 0 Å². The molecule has 12 heteroatoms. The Hall–Kier alpha value is -4.53. The quantitative estimate of drug-likeness (QED) is 0.169. The summed E-state index contributed by atoms with van der Waals surface area (Å²) in [4.78, 5) is 69.1. The van der Waals surface area contributed by atoms with Crippen molar-refractivity contribution >= 4 is 40.3 Å². The number of nitrogens with one attached hydrogen (secondary N) is 4. The van der Waals surface area contributed by atoms with Gasteiger partial charge >= 0.3 is 6.03 Å². The Morgan fingerprint density at radius 2 is 1.68 bits per heavy atom. The van der Waals surface area contributed by atoms with Gasteiger partial charge in [-0.25, -0.2) is 4.79 Å². The summed E-state index contributed by atoms with van der Waals surface area (Å²) in [6.07, 6.45) is 7.53. The number of benzene rings is 1. The number of ketones is 1. The molecule has 272 valence electrons. The number of terminal acetylenes is 1. The van der Waals surface area contributed by atoms with Crippen LogP contribution in [0.25, 0.3) is 10.8 Å². The second kappa shape index (κ2) is 14.4. The van der Waals surface area contributed by atoms with Crippen molar-refractivity contribution in [1.29, 1.82) is 0 Å². The van der Waals surface area contributed by atoms with Crippen molar-refractivity contribution in [2.24, 2.45) is 28.1 Å². The van der Waals surface area contributed by atoms with Crippen molar-refractivity contribution in [3.8, 4) is 18.2 Å². The molecule has 2 fully saturated rings. The summed E-state index contributed by atoms with van der Waals surface area (Å²) in [5.41, 5.74) is -1.38. The highest BCUT2D eigenvalue weighted by atomic mass is 16.3. The van der Waals surface area contributed by atoms with Gasteiger partial charge in [0.25, 0.3) is 5.91 Å². The van der Waals surface area contributed by atoms with Crippen molar-refractivity contribution < 1.29 is 29.1 Å². The molecule has 0 radical (unpaired) electrons. The lowest BCUT2D eigenvalue weighted by Crippen LogP contribution is -2.62. The maximum Gasteiger partial charge on any atom is 0.315 e. The van der Waals surface area contributed by atoms with Gasteiger partial charge in [0.05, 0.1) is 12.1 Å². The number of likely N-dealkylation sites (tertiary alicyclic amines) is 1. The zero-order valence-corrected chi connectivity index (χ0v) is 30.8. The van der Waals surface area contributed by atoms with E-state index in [0.29, 0.717) is 11.9 Å². The number of aromatic nitrogens is 1. The van der Waals surface area contributed by atoms with E-state index < -0.39 is 64.5 Å². The molecule has 5 amide bonds. The number of hydrogen-bond donors (Lipinski definition) is 5. The summed E-state index contributed by atoms with van der Waals surface area (Å²) < 4.78 is 1.71. The topological polar surface area (TPSA) is 162 Å². The number of likely N-dealkylation sites (N-methyl/N-ethyl adjacent to an activating group) is 1. The molecule has 4 rings (SSSR count). The molecule has 1 aliphatic carbocycles. The molecule has 1 saturated heterocycles. The highest BCUT2D eigenvalue weighted by molar-refractivity contribution is 6.38. The van der Waals surface area contributed by atoms with Crippen molar-refractivity contribution in [3.05, 3.63) is 30.5 Å². The Morgan fingerprint density at radius 3 is 2.26 bits per heavy atom. The van der Waals surface area contributed by atoms with Crippen LogP contribution in [0, 0.1) is 40.4 Å². The molecule has 1 aromatic carbocycles. The highest BCUT2D eigenvalue weighted by Gasteiger charge is 2.70. The Labute approximate surface area is 295 Å². The largest absolute Gasteiger partial charge is 0.494 e. The first-order valence-electron chi connectivity index (χ1n) is 17.4. The minimum absolute atomic E-state index is 0.0509. The van der Waals surface area contributed by atoms with Crippen molar-refractivity contribution in [1.82, 2.24) is 30.7 Å². The molecule has 1 unspecified atom stereocenters. The van der Waals surface area contributed by atoms with E-state index in [9.17, 15) is 29.1 Å². The number of aromatic hydroxyl groups is 1. The van der Waals surface area contributed by atoms with Crippen LogP contribution in [-0.2, 0) is 25.7 Å². The second-order valence-corrected chi connectivity index (χ2v) is 16.4. The summed E-state index contributed by atoms with van der Waals surface area (Å²) in [5.74, 6) is -0.0882. The summed E-state index contributed by atoms with van der Waals surface area (Å²) in [6.45, 7) is 18.1. The monoisotopic (exact) mass is 690 g/mol. The molecule has 2 aliphatic rings. The predicted molar refractivity (Wildman–Crippen MR) is 192 cm³/mol. The lowest BCUT2D eigenvalue weighted by Gasteiger charge is -2.38. The number of urea groups is 1. The average molecular weight is 691 g/mol. The van der Waals surface area contributed by atoms with Gasteiger partial charge in [0.15, 0.2) is 5.88 Å². The number of nitrogens with zero attached hydrogens (tertiary/aromatic N) is 2. The third kappa shape index (κ3) is 7.92. The van der Waals surface area contributed by atoms with Gasteiger partial charge in [-0.2, -0.15) is 0 Å². The zero-order chi connectivity index (χ0) is 37.3. The number of amides is 5. The second-order valence-electron chi connectivity index (χ2n) is 16.4. The molecule has 6 atom stereocenters. The van der Waals surface area contributed by atoms with E-state index in [-0.39, 0.29) is 49.1 Å². The van der Waals surface area contributed by atoms with E-state index >= 15 is 0 Å². The molecule has 50 heavy (non-hydrogen) atoms. The minimum atomic E-state index is -1.14. The van der Waals surface area contributed by atoms with Gasteiger partial charge in [-0.15, -0.1) is 12.3 Å². The minimum Gasteiger partial charge on any atom is -0.494 e. The summed E-state index contributed by atoms with van der Waals surface area (Å²) >= 11 is 0. The number of fused-ring (bicyclic) bond motifs is 2. The highest BCUT2D eigenvalue weighted by Crippen LogP contribution is 2.65. The van der Waals surface area contributed by atoms with Gasteiger partial charge < -0.3 is 35.8 Å². The number of Topliss-reactive ketones (excluding diaryl/α,β-unsaturated/α-hetero) is 1. The van der Waals surface area contributed by atoms with Gasteiger partial charge in [0, 0.05) is 43.0 Å². The van der Waals surface area contributed by atoms with E-state index in [1.807, 2.05) is 85.9 Å². The Kier molecular flexibility index (Phi) is 11.0. The molecule has 12 nitrogen and oxygen atoms in total. The smallest absolute Gasteiger partial charge is 0.315 e. The first-order valence-corrected chi connectivity index (χ1v) is 17.4. The number of rotatable bonds is 12. The molecule has 2 heterocycles. The summed E-state index contributed by atoms with van der Waals surface area (Å²) in [6, 6.07) is 3.45. The van der Waals surface area contributed by atoms with Crippen LogP contribution in [0.4, 0.5) is 4.79 Å². The van der Waals surface area contributed by atoms with Crippen LogP contribution in [0.3, 0.4) is 0 Å². The molecule has 1 aliphatic heterocycles. The lowest BCUT2D eigenvalue weighted by molar-refractivity contribution is -0.145. The number of piperidine rings is 1. The Bertz CT molecular complexity index is 1670. The maximum atomic E-state index is 14.4. The van der Waals surface area contributed by atoms with E-state index in [1.54, 1.807) is 11.5 Å². The average Bonchev–Trinajstić information content (AvgIpc) is 3.31. The number of carbonyl (C=O) groups excluding carboxylic acids is 5. The van der Waals surface area contributed by atoms with E-state index in [0.717, 1.165) is 5.39 Å². The van der Waals surface area contributed by atoms with Crippen LogP contribution in [0.15, 0.2) is 30.5 Å². The molecule has 1 aromatic heterocycles. The van der Waals surface area contributed by atoms with Crippen LogP contribution in [0.5, 0.6) is 5.88 Å². The van der Waals surface area contributed by atoms with Crippen LogP contribution in [0.1, 0.15) is 75.2 Å². The third-order valence-electron chi connectivity index (χ3n) is 10.4. The number of carbonyl (C=O) groups is 5. The first-order chi connectivity index (χ1) is 23.2. The van der Waals surface area contributed by atoms with Crippen LogP contribution in [-0.4, -0.2) is 81.4 Å². The van der Waals surface area contributed by atoms with Gasteiger partial charge in [0.2, 0.25) is 17.6 Å². The molecule has 2 aromatic rings. The standard InChI is InChI=1S/C38H54N6O6/c1-11-13-18-25(29(45)32(47)39-12-2)40-31(46)28-27-24(38(27,9)10)20-44(28)34(49)30(37(6,7)8)42-35(50)41-26(36(3,4)5)21-43-19-22-16-14-15-17-23(22)33(43)48/h1,14-17,19,24-28,30,48H,12-13,18,20-21H2,2-10H3,(H,39,47)(H,40,46)(H2,41,42,50)/t24-,25?,26+,27-,28-,30+/m0/s1. The Balaban J connectivity index is 1.55. The fourth-order valence-electron chi connectivity index (χ4n) is 7.19. The van der Waals surface area contributed by atoms with Gasteiger partial charge in [-0.05, 0) is 47.5 Å². The molecular weight excluding hydrogens is 636 g/mol. The van der Waals surface area contributed by atoms with Crippen molar-refractivity contribution in [2.45, 2.75) is 106 Å². The summed E-state index contributed by atoms with van der Waals surface area (Å²) in [5, 5.41) is 23.7. The first kappa shape index (κ1) is 38.3. The fourth-order valence-corrected chi connectivity index (χ4v) is 7.19. The van der Waals surface area contributed by atoms with Crippen molar-refractivity contribution in [2.75, 3.05) is 13.1 Å². The maximum absolute atomic E-state index is 14.4. The third-order valence-corrected chi connectivity index (χ3v) is 10.4. The van der Waals surface area contributed by atoms with E-state index in [2.05, 4.69) is 27.2 Å². The molecule has 5 N–H and O–H groups in total. The lowest BCUT2D eigenvalue weighted by atomic mass is 9.85. The SMILES string of the molecule is C#CCCC(NC(=O)[C@@H]1[C@@H]2[C@H](CN1C(=O)[C@@H](NC(=O)N[C@H](Cn1cc3ccccc3c1O)C(C)(C)C)C(C)(C)C)C2(C)C)C(=O)C(=O)NCC. The zero-order valence-electron chi connectivity index (χ0n) is 30.8. The molecule has 0 spiro atoms. The summed E-state index contributed by atoms with van der Waals surface area (Å²) in [7, 11) is 0. The Morgan fingerprint density at radius 1 is 1.02 bits per heavy atom. The molecular formula is C38H54N6O6. The molecule has 1 saturated carbocycles. The fraction of sp³-hybridized carbons (Fsp3) is 0.605. The number of hydrogen-bond acceptors (Lipinski definition) is 6. The predicted octanol–water partition coefficient (Wildman–Crippen LogP) is 3.56. The van der Waals surface area contributed by atoms with E-state index in [1.165, 1.54) is 4.90 Å². The van der Waals surface area contributed by atoms with Crippen LogP contribution in [0.2, 0.25) is 0 Å². The molecule has 0 bridgehead atoms. The van der Waals surface area contributed by atoms with Crippen LogP contribution < -0.4 is 21.3 Å². The van der Waals surface area contributed by atoms with Gasteiger partial charge in [0.1, 0.15) is 12.1 Å². The van der Waals surface area contributed by atoms with Gasteiger partial charge in [-0.1, -0.05) is 73.6 Å². The van der Waals surface area contributed by atoms with Crippen molar-refractivity contribution in [3.63, 3.8) is 0 Å². The van der Waals surface area contributed by atoms with E-state index in [4.69, 9.17) is 6.42 Å².